The number of hydrogen-bond acceptors (Lipinski definition) is 4. The van der Waals surface area contributed by atoms with Gasteiger partial charge in [0.1, 0.15) is 5.56 Å². The first-order valence-electron chi connectivity index (χ1n) is 8.58. The van der Waals surface area contributed by atoms with Gasteiger partial charge in [-0.25, -0.2) is 4.79 Å². The molecule has 1 aromatic carbocycles. The lowest BCUT2D eigenvalue weighted by Gasteiger charge is -2.05. The number of nitrogens with zero attached hydrogens (tertiary/aromatic N) is 2. The molecule has 2 rings (SSSR count). The summed E-state index contributed by atoms with van der Waals surface area (Å²) in [6.45, 7) is 3.68. The third-order valence-electron chi connectivity index (χ3n) is 4.05. The molecule has 0 radical (unpaired) electrons. The fourth-order valence-electron chi connectivity index (χ4n) is 2.47. The summed E-state index contributed by atoms with van der Waals surface area (Å²) in [5.74, 6) is -1.24. The van der Waals surface area contributed by atoms with Gasteiger partial charge in [0.15, 0.2) is 5.75 Å². The van der Waals surface area contributed by atoms with Crippen molar-refractivity contribution in [3.8, 4) is 5.75 Å². The van der Waals surface area contributed by atoms with Crippen LogP contribution in [0.15, 0.2) is 53.4 Å². The molecule has 1 heterocycles. The molecule has 148 valence electrons. The standard InChI is InChI=1S/C20H22FN3O4/c1-13(10-22-14(2)15-5-7-16(28-21)8-6-15)4-9-19(25)23-18-12-24(3)11-17(18)20(26)27/h5-8,10-12H,4,9H2,1-3H3,(H,23,25)(H,26,27)/b13-10+,22-14?. The van der Waals surface area contributed by atoms with Gasteiger partial charge in [0.25, 0.3) is 0 Å². The van der Waals surface area contributed by atoms with Gasteiger partial charge in [0.05, 0.1) is 5.69 Å². The van der Waals surface area contributed by atoms with Crippen molar-refractivity contribution in [1.29, 1.82) is 0 Å². The van der Waals surface area contributed by atoms with E-state index in [1.807, 2.05) is 13.8 Å². The fourth-order valence-corrected chi connectivity index (χ4v) is 2.47. The summed E-state index contributed by atoms with van der Waals surface area (Å²) in [5, 5.41) is 11.8. The highest BCUT2D eigenvalue weighted by molar-refractivity contribution is 6.00. The van der Waals surface area contributed by atoms with Gasteiger partial charge < -0.3 is 15.0 Å². The zero-order valence-electron chi connectivity index (χ0n) is 15.9. The minimum atomic E-state index is -1.09. The number of halogens is 1. The maximum Gasteiger partial charge on any atom is 0.339 e. The van der Waals surface area contributed by atoms with Crippen molar-refractivity contribution < 1.29 is 24.2 Å². The van der Waals surface area contributed by atoms with Crippen LogP contribution in [0.25, 0.3) is 0 Å². The number of aryl methyl sites for hydroxylation is 1. The summed E-state index contributed by atoms with van der Waals surface area (Å²) in [6, 6.07) is 6.41. The summed E-state index contributed by atoms with van der Waals surface area (Å²) >= 11 is 0. The Labute approximate surface area is 162 Å². The smallest absolute Gasteiger partial charge is 0.339 e. The lowest BCUT2D eigenvalue weighted by atomic mass is 10.1. The maximum atomic E-state index is 12.1. The Morgan fingerprint density at radius 1 is 1.21 bits per heavy atom. The van der Waals surface area contributed by atoms with Gasteiger partial charge in [0, 0.05) is 42.3 Å². The maximum absolute atomic E-state index is 12.1. The highest BCUT2D eigenvalue weighted by Crippen LogP contribution is 2.17. The Bertz CT molecular complexity index is 914. The zero-order valence-corrected chi connectivity index (χ0v) is 15.9. The second kappa shape index (κ2) is 9.50. The number of nitrogens with one attached hydrogen (secondary N) is 1. The first kappa shape index (κ1) is 20.9. The van der Waals surface area contributed by atoms with Gasteiger partial charge >= 0.3 is 5.97 Å². The molecule has 0 aliphatic carbocycles. The van der Waals surface area contributed by atoms with Crippen molar-refractivity contribution in [2.75, 3.05) is 5.32 Å². The lowest BCUT2D eigenvalue weighted by Crippen LogP contribution is -2.13. The van der Waals surface area contributed by atoms with Crippen LogP contribution in [0.1, 0.15) is 42.6 Å². The molecule has 0 saturated carbocycles. The molecular weight excluding hydrogens is 365 g/mol. The Balaban J connectivity index is 1.92. The SMILES string of the molecule is CC(=N/C=C(\C)CCC(=O)Nc1cn(C)cc1C(=O)O)c1ccc(OF)cc1. The number of benzene rings is 1. The van der Waals surface area contributed by atoms with E-state index in [9.17, 15) is 14.1 Å². The second-order valence-electron chi connectivity index (χ2n) is 6.40. The van der Waals surface area contributed by atoms with E-state index in [1.54, 1.807) is 36.1 Å². The van der Waals surface area contributed by atoms with Gasteiger partial charge in [-0.05, 0) is 50.1 Å². The molecule has 0 spiro atoms. The third-order valence-corrected chi connectivity index (χ3v) is 4.05. The van der Waals surface area contributed by atoms with Crippen LogP contribution in [-0.2, 0) is 11.8 Å². The molecule has 28 heavy (non-hydrogen) atoms. The van der Waals surface area contributed by atoms with E-state index in [0.29, 0.717) is 6.42 Å². The van der Waals surface area contributed by atoms with Gasteiger partial charge in [-0.3, -0.25) is 14.7 Å². The van der Waals surface area contributed by atoms with Crippen LogP contribution in [0.4, 0.5) is 10.2 Å². The molecule has 1 amide bonds. The van der Waals surface area contributed by atoms with Gasteiger partial charge in [0.2, 0.25) is 5.91 Å². The minimum absolute atomic E-state index is 0.0486. The van der Waals surface area contributed by atoms with Crippen molar-refractivity contribution in [2.24, 2.45) is 12.0 Å². The molecule has 7 nitrogen and oxygen atoms in total. The van der Waals surface area contributed by atoms with E-state index >= 15 is 0 Å². The largest absolute Gasteiger partial charge is 0.478 e. The Hall–Kier alpha value is -3.42. The van der Waals surface area contributed by atoms with Crippen molar-refractivity contribution >= 4 is 23.3 Å². The first-order chi connectivity index (χ1) is 13.3. The number of rotatable bonds is 8. The second-order valence-corrected chi connectivity index (χ2v) is 6.40. The molecule has 8 heteroatoms. The van der Waals surface area contributed by atoms with E-state index in [1.165, 1.54) is 18.3 Å². The first-order valence-corrected chi connectivity index (χ1v) is 8.58. The number of carboxylic acid groups (broad SMARTS) is 1. The van der Waals surface area contributed by atoms with E-state index in [-0.39, 0.29) is 29.3 Å². The van der Waals surface area contributed by atoms with Crippen LogP contribution in [0, 0.1) is 0 Å². The number of carboxylic acids is 1. The number of aliphatic imine (C=N–C) groups is 1. The molecular formula is C20H22FN3O4. The number of aromatic nitrogens is 1. The summed E-state index contributed by atoms with van der Waals surface area (Å²) < 4.78 is 13.6. The average molecular weight is 387 g/mol. The van der Waals surface area contributed by atoms with Gasteiger partial charge in [-0.1, -0.05) is 5.57 Å². The van der Waals surface area contributed by atoms with Gasteiger partial charge in [-0.15, -0.1) is 0 Å². The van der Waals surface area contributed by atoms with Crippen LogP contribution < -0.4 is 10.3 Å². The van der Waals surface area contributed by atoms with E-state index in [2.05, 4.69) is 15.3 Å². The molecule has 2 N–H and O–H groups in total. The minimum Gasteiger partial charge on any atom is -0.478 e. The normalized spacial score (nSPS) is 12.0. The van der Waals surface area contributed by atoms with Crippen molar-refractivity contribution in [1.82, 2.24) is 4.57 Å². The predicted molar refractivity (Wildman–Crippen MR) is 104 cm³/mol. The Kier molecular flexibility index (Phi) is 7.08. The number of aromatic carboxylic acids is 1. The van der Waals surface area contributed by atoms with Crippen LogP contribution in [0.3, 0.4) is 0 Å². The Morgan fingerprint density at radius 2 is 1.89 bits per heavy atom. The van der Waals surface area contributed by atoms with Crippen LogP contribution in [0.5, 0.6) is 5.75 Å². The number of allylic oxidation sites excluding steroid dienone is 1. The average Bonchev–Trinajstić information content (AvgIpc) is 3.04. The quantitative estimate of drug-likeness (QED) is 0.667. The molecule has 0 aliphatic rings. The third kappa shape index (κ3) is 5.80. The molecule has 0 unspecified atom stereocenters. The summed E-state index contributed by atoms with van der Waals surface area (Å²) in [5.41, 5.74) is 2.78. The summed E-state index contributed by atoms with van der Waals surface area (Å²) in [7, 11) is 1.69. The van der Waals surface area contributed by atoms with Crippen LogP contribution >= 0.6 is 0 Å². The highest BCUT2D eigenvalue weighted by Gasteiger charge is 2.14. The van der Waals surface area contributed by atoms with Crippen molar-refractivity contribution in [3.63, 3.8) is 0 Å². The van der Waals surface area contributed by atoms with Crippen LogP contribution in [0.2, 0.25) is 0 Å². The predicted octanol–water partition coefficient (Wildman–Crippen LogP) is 4.12. The molecule has 1 aromatic heterocycles. The highest BCUT2D eigenvalue weighted by atomic mass is 19.3. The number of hydrogen-bond donors (Lipinski definition) is 2. The molecule has 0 atom stereocenters. The molecule has 0 aliphatic heterocycles. The zero-order chi connectivity index (χ0) is 20.7. The van der Waals surface area contributed by atoms with E-state index in [4.69, 9.17) is 5.11 Å². The number of anilines is 1. The topological polar surface area (TPSA) is 92.9 Å². The fraction of sp³-hybridized carbons (Fsp3) is 0.250. The summed E-state index contributed by atoms with van der Waals surface area (Å²) in [6.07, 6.45) is 5.34. The van der Waals surface area contributed by atoms with Crippen molar-refractivity contribution in [2.45, 2.75) is 26.7 Å². The molecule has 0 fully saturated rings. The van der Waals surface area contributed by atoms with Crippen molar-refractivity contribution in [3.05, 3.63) is 59.6 Å². The van der Waals surface area contributed by atoms with Crippen LogP contribution in [-0.4, -0.2) is 27.3 Å². The molecule has 0 saturated heterocycles. The lowest BCUT2D eigenvalue weighted by molar-refractivity contribution is -0.116. The summed E-state index contributed by atoms with van der Waals surface area (Å²) in [4.78, 5) is 31.3. The van der Waals surface area contributed by atoms with E-state index < -0.39 is 5.97 Å². The number of amides is 1. The molecule has 2 aromatic rings. The monoisotopic (exact) mass is 387 g/mol. The van der Waals surface area contributed by atoms with Gasteiger partial charge in [-0.2, -0.15) is 0 Å². The number of carbonyl (C=O) groups is 2. The molecule has 0 bridgehead atoms. The van der Waals surface area contributed by atoms with E-state index in [0.717, 1.165) is 16.8 Å². The number of carbonyl (C=O) groups excluding carboxylic acids is 1. The Morgan fingerprint density at radius 3 is 2.50 bits per heavy atom.